The van der Waals surface area contributed by atoms with Crippen LogP contribution in [-0.2, 0) is 0 Å². The second kappa shape index (κ2) is 14.4. The van der Waals surface area contributed by atoms with E-state index in [1.165, 1.54) is 93.2 Å². The van der Waals surface area contributed by atoms with E-state index in [2.05, 4.69) is 216 Å². The third kappa shape index (κ3) is 6.07. The summed E-state index contributed by atoms with van der Waals surface area (Å²) >= 11 is 0. The van der Waals surface area contributed by atoms with Gasteiger partial charge in [0.05, 0.1) is 5.69 Å². The lowest BCUT2D eigenvalue weighted by molar-refractivity contribution is 1.30. The monoisotopic (exact) mass is 719 g/mol. The summed E-state index contributed by atoms with van der Waals surface area (Å²) in [5.41, 5.74) is 18.1. The molecular weight excluding hydrogens is 673 g/mol. The van der Waals surface area contributed by atoms with Crippen LogP contribution < -0.4 is 21.3 Å². The van der Waals surface area contributed by atoms with Crippen LogP contribution in [0, 0.1) is 41.5 Å². The zero-order valence-corrected chi connectivity index (χ0v) is 33.2. The molecule has 270 valence electrons. The molecule has 0 aliphatic heterocycles. The van der Waals surface area contributed by atoms with Crippen molar-refractivity contribution < 1.29 is 0 Å². The number of hydrogen-bond acceptors (Lipinski definition) is 1. The molecule has 1 nitrogen and oxygen atoms in total. The normalized spacial score (nSPS) is 11.4. The lowest BCUT2D eigenvalue weighted by Gasteiger charge is -2.28. The van der Waals surface area contributed by atoms with Crippen LogP contribution in [0.1, 0.15) is 33.4 Å². The SMILES string of the molecule is Cc1cc(C)c(B(c2c(C)cc(C)cc2C)c2c3ccccc3c(-c3ccc(N(c4ccccc4)c4cccc5ccccc45)cc3)c3ccccc23)c(C)c1. The zero-order chi connectivity index (χ0) is 38.5. The second-order valence-electron chi connectivity index (χ2n) is 15.7. The van der Waals surface area contributed by atoms with E-state index in [1.807, 2.05) is 0 Å². The smallest absolute Gasteiger partial charge is 0.244 e. The standard InChI is InChI=1S/C54H46BN/c1-35-31-37(3)52(38(4)32-35)55(53-39(5)33-36(2)34-40(53)6)54-48-24-14-12-22-46(48)51(47-23-13-15-25-49(47)54)42-27-29-44(30-28-42)56(43-19-8-7-9-20-43)50-26-16-18-41-17-10-11-21-45(41)50/h7-34H,1-6H3. The van der Waals surface area contributed by atoms with Gasteiger partial charge in [-0.05, 0) is 110 Å². The Hall–Kier alpha value is -6.38. The van der Waals surface area contributed by atoms with E-state index in [9.17, 15) is 0 Å². The van der Waals surface area contributed by atoms with Gasteiger partial charge in [0.2, 0.25) is 6.71 Å². The Kier molecular flexibility index (Phi) is 9.06. The first-order chi connectivity index (χ1) is 27.3. The third-order valence-electron chi connectivity index (χ3n) is 11.8. The first-order valence-electron chi connectivity index (χ1n) is 19.8. The van der Waals surface area contributed by atoms with Crippen molar-refractivity contribution in [2.45, 2.75) is 41.5 Å². The molecule has 0 aliphatic rings. The van der Waals surface area contributed by atoms with Gasteiger partial charge in [-0.1, -0.05) is 189 Å². The lowest BCUT2D eigenvalue weighted by atomic mass is 9.33. The minimum absolute atomic E-state index is 0.0579. The largest absolute Gasteiger partial charge is 0.310 e. The molecule has 0 atom stereocenters. The summed E-state index contributed by atoms with van der Waals surface area (Å²) < 4.78 is 0. The first-order valence-corrected chi connectivity index (χ1v) is 19.8. The third-order valence-corrected chi connectivity index (χ3v) is 11.8. The Morgan fingerprint density at radius 2 is 0.786 bits per heavy atom. The summed E-state index contributed by atoms with van der Waals surface area (Å²) in [5.74, 6) is 0. The van der Waals surface area contributed by atoms with Crippen molar-refractivity contribution in [3.05, 3.63) is 203 Å². The summed E-state index contributed by atoms with van der Waals surface area (Å²) in [6, 6.07) is 62.9. The molecule has 0 saturated heterocycles. The lowest BCUT2D eigenvalue weighted by Crippen LogP contribution is -2.56. The van der Waals surface area contributed by atoms with Crippen molar-refractivity contribution in [2.24, 2.45) is 0 Å². The molecule has 0 fully saturated rings. The number of para-hydroxylation sites is 1. The molecule has 9 aromatic carbocycles. The molecule has 9 aromatic rings. The molecule has 0 unspecified atom stereocenters. The van der Waals surface area contributed by atoms with Crippen LogP contribution in [0.15, 0.2) is 170 Å². The highest BCUT2D eigenvalue weighted by atomic mass is 15.1. The summed E-state index contributed by atoms with van der Waals surface area (Å²) in [5, 5.41) is 7.61. The Balaban J connectivity index is 1.29. The van der Waals surface area contributed by atoms with Gasteiger partial charge < -0.3 is 4.90 Å². The second-order valence-corrected chi connectivity index (χ2v) is 15.7. The number of rotatable bonds is 7. The zero-order valence-electron chi connectivity index (χ0n) is 33.2. The molecule has 0 aliphatic carbocycles. The summed E-state index contributed by atoms with van der Waals surface area (Å²) in [7, 11) is 0. The summed E-state index contributed by atoms with van der Waals surface area (Å²) in [6.07, 6.45) is 0. The average Bonchev–Trinajstić information content (AvgIpc) is 3.20. The van der Waals surface area contributed by atoms with Gasteiger partial charge >= 0.3 is 0 Å². The number of hydrogen-bond donors (Lipinski definition) is 0. The van der Waals surface area contributed by atoms with E-state index in [1.54, 1.807) is 0 Å². The van der Waals surface area contributed by atoms with Gasteiger partial charge in [0.25, 0.3) is 0 Å². The van der Waals surface area contributed by atoms with Gasteiger partial charge in [-0.25, -0.2) is 0 Å². The fraction of sp³-hybridized carbons (Fsp3) is 0.111. The van der Waals surface area contributed by atoms with Crippen molar-refractivity contribution in [1.82, 2.24) is 0 Å². The molecule has 0 spiro atoms. The fourth-order valence-corrected chi connectivity index (χ4v) is 9.69. The van der Waals surface area contributed by atoms with Crippen LogP contribution in [0.2, 0.25) is 0 Å². The van der Waals surface area contributed by atoms with Crippen molar-refractivity contribution >= 4 is 72.5 Å². The Labute approximate surface area is 332 Å². The van der Waals surface area contributed by atoms with E-state index in [4.69, 9.17) is 0 Å². The Morgan fingerprint density at radius 3 is 1.32 bits per heavy atom. The molecule has 2 heteroatoms. The highest BCUT2D eigenvalue weighted by Crippen LogP contribution is 2.41. The molecule has 0 amide bonds. The number of fused-ring (bicyclic) bond motifs is 3. The van der Waals surface area contributed by atoms with Crippen LogP contribution in [0.3, 0.4) is 0 Å². The van der Waals surface area contributed by atoms with Gasteiger partial charge in [0.15, 0.2) is 0 Å². The van der Waals surface area contributed by atoms with E-state index in [0.717, 1.165) is 17.1 Å². The molecule has 0 radical (unpaired) electrons. The molecule has 0 bridgehead atoms. The highest BCUT2D eigenvalue weighted by molar-refractivity contribution is 6.99. The van der Waals surface area contributed by atoms with Gasteiger partial charge in [0.1, 0.15) is 0 Å². The Bertz CT molecular complexity index is 2760. The van der Waals surface area contributed by atoms with E-state index < -0.39 is 0 Å². The predicted molar refractivity (Wildman–Crippen MR) is 245 cm³/mol. The topological polar surface area (TPSA) is 3.24 Å². The van der Waals surface area contributed by atoms with Crippen molar-refractivity contribution in [1.29, 1.82) is 0 Å². The highest BCUT2D eigenvalue weighted by Gasteiger charge is 2.32. The van der Waals surface area contributed by atoms with E-state index in [0.29, 0.717) is 0 Å². The van der Waals surface area contributed by atoms with Gasteiger partial charge in [-0.15, -0.1) is 0 Å². The maximum atomic E-state index is 2.38. The van der Waals surface area contributed by atoms with E-state index in [-0.39, 0.29) is 6.71 Å². The molecular formula is C54H46BN. The predicted octanol–water partition coefficient (Wildman–Crippen LogP) is 12.6. The molecule has 56 heavy (non-hydrogen) atoms. The first kappa shape index (κ1) is 35.3. The molecule has 0 aromatic heterocycles. The minimum atomic E-state index is 0.0579. The van der Waals surface area contributed by atoms with Crippen molar-refractivity contribution in [2.75, 3.05) is 4.90 Å². The molecule has 0 N–H and O–H groups in total. The van der Waals surface area contributed by atoms with Gasteiger partial charge in [0, 0.05) is 16.8 Å². The maximum absolute atomic E-state index is 2.38. The van der Waals surface area contributed by atoms with Gasteiger partial charge in [-0.2, -0.15) is 0 Å². The number of nitrogens with zero attached hydrogens (tertiary/aromatic N) is 1. The summed E-state index contributed by atoms with van der Waals surface area (Å²) in [4.78, 5) is 2.38. The van der Waals surface area contributed by atoms with Crippen LogP contribution in [0.5, 0.6) is 0 Å². The van der Waals surface area contributed by atoms with Gasteiger partial charge in [-0.3, -0.25) is 0 Å². The average molecular weight is 720 g/mol. The van der Waals surface area contributed by atoms with Crippen LogP contribution in [-0.4, -0.2) is 6.71 Å². The quantitative estimate of drug-likeness (QED) is 0.117. The van der Waals surface area contributed by atoms with E-state index >= 15 is 0 Å². The number of anilines is 3. The molecule has 9 rings (SSSR count). The number of aryl methyl sites for hydroxylation is 6. The maximum Gasteiger partial charge on any atom is 0.244 e. The van der Waals surface area contributed by atoms with Crippen molar-refractivity contribution in [3.63, 3.8) is 0 Å². The number of benzene rings is 9. The minimum Gasteiger partial charge on any atom is -0.310 e. The summed E-state index contributed by atoms with van der Waals surface area (Å²) in [6.45, 7) is 13.7. The molecule has 0 heterocycles. The Morgan fingerprint density at radius 1 is 0.357 bits per heavy atom. The molecule has 0 saturated carbocycles. The van der Waals surface area contributed by atoms with Crippen LogP contribution in [0.4, 0.5) is 17.1 Å². The van der Waals surface area contributed by atoms with Crippen LogP contribution in [0.25, 0.3) is 43.4 Å². The van der Waals surface area contributed by atoms with Crippen molar-refractivity contribution in [3.8, 4) is 11.1 Å². The fourth-order valence-electron chi connectivity index (χ4n) is 9.69. The van der Waals surface area contributed by atoms with Crippen LogP contribution >= 0.6 is 0 Å².